The van der Waals surface area contributed by atoms with E-state index in [-0.39, 0.29) is 18.9 Å². The van der Waals surface area contributed by atoms with Gasteiger partial charge in [0.1, 0.15) is 0 Å². The van der Waals surface area contributed by atoms with Gasteiger partial charge in [0.25, 0.3) is 5.91 Å². The number of nitrogens with zero attached hydrogens (tertiary/aromatic N) is 1. The third kappa shape index (κ3) is 3.38. The molecular formula is C14H15F3N2O3. The zero-order chi connectivity index (χ0) is 16.3. The number of amides is 2. The summed E-state index contributed by atoms with van der Waals surface area (Å²) in [5.74, 6) is -5.65. The van der Waals surface area contributed by atoms with Crippen molar-refractivity contribution in [2.75, 3.05) is 26.8 Å². The molecule has 1 N–H and O–H groups in total. The van der Waals surface area contributed by atoms with E-state index in [2.05, 4.69) is 5.32 Å². The van der Waals surface area contributed by atoms with E-state index in [4.69, 9.17) is 4.74 Å². The van der Waals surface area contributed by atoms with Gasteiger partial charge in [0, 0.05) is 26.6 Å². The van der Waals surface area contributed by atoms with E-state index in [0.717, 1.165) is 6.07 Å². The molecule has 1 fully saturated rings. The summed E-state index contributed by atoms with van der Waals surface area (Å²) in [6.45, 7) is 1.02. The second-order valence-electron chi connectivity index (χ2n) is 4.93. The molecule has 2 rings (SSSR count). The summed E-state index contributed by atoms with van der Waals surface area (Å²) in [7, 11) is 1.51. The average Bonchev–Trinajstić information content (AvgIpc) is 2.82. The van der Waals surface area contributed by atoms with Crippen LogP contribution in [-0.4, -0.2) is 49.6 Å². The summed E-state index contributed by atoms with van der Waals surface area (Å²) in [6.07, 6.45) is 0.0702. The highest BCUT2D eigenvalue weighted by molar-refractivity contribution is 5.95. The third-order valence-corrected chi connectivity index (χ3v) is 3.39. The van der Waals surface area contributed by atoms with Crippen molar-refractivity contribution < 1.29 is 27.5 Å². The maximum absolute atomic E-state index is 13.5. The molecule has 1 aliphatic rings. The van der Waals surface area contributed by atoms with Crippen LogP contribution in [0.4, 0.5) is 13.2 Å². The van der Waals surface area contributed by atoms with Crippen LogP contribution < -0.4 is 5.32 Å². The topological polar surface area (TPSA) is 58.6 Å². The van der Waals surface area contributed by atoms with Gasteiger partial charge in [-0.05, 0) is 12.1 Å². The number of carbonyl (C=O) groups is 2. The predicted molar refractivity (Wildman–Crippen MR) is 70.6 cm³/mol. The van der Waals surface area contributed by atoms with Gasteiger partial charge < -0.3 is 15.0 Å². The molecule has 120 valence electrons. The van der Waals surface area contributed by atoms with Gasteiger partial charge in [0.05, 0.1) is 18.2 Å². The van der Waals surface area contributed by atoms with Crippen LogP contribution in [0.3, 0.4) is 0 Å². The first kappa shape index (κ1) is 16.3. The molecule has 0 aliphatic carbocycles. The number of hydrogen-bond acceptors (Lipinski definition) is 3. The molecule has 1 aromatic carbocycles. The van der Waals surface area contributed by atoms with Gasteiger partial charge in [0.2, 0.25) is 5.91 Å². The first-order chi connectivity index (χ1) is 10.4. The summed E-state index contributed by atoms with van der Waals surface area (Å²) >= 11 is 0. The van der Waals surface area contributed by atoms with Crippen molar-refractivity contribution >= 4 is 11.8 Å². The van der Waals surface area contributed by atoms with Crippen LogP contribution >= 0.6 is 0 Å². The Bertz CT molecular complexity index is 595. The van der Waals surface area contributed by atoms with Crippen molar-refractivity contribution in [2.24, 2.45) is 0 Å². The maximum Gasteiger partial charge on any atom is 0.254 e. The van der Waals surface area contributed by atoms with E-state index in [1.807, 2.05) is 0 Å². The van der Waals surface area contributed by atoms with Crippen LogP contribution in [-0.2, 0) is 9.53 Å². The van der Waals surface area contributed by atoms with Crippen LogP contribution in [0.25, 0.3) is 0 Å². The molecule has 1 heterocycles. The van der Waals surface area contributed by atoms with Gasteiger partial charge in [-0.25, -0.2) is 13.2 Å². The van der Waals surface area contributed by atoms with Crippen molar-refractivity contribution in [1.29, 1.82) is 0 Å². The van der Waals surface area contributed by atoms with Crippen LogP contribution in [0.5, 0.6) is 0 Å². The fraction of sp³-hybridized carbons (Fsp3) is 0.429. The standard InChI is InChI=1S/C14H15F3N2O3/c1-22-5-4-19-7-8(6-11(19)20)18-14(21)9-2-3-10(15)13(17)12(9)16/h2-3,8H,4-7H2,1H3,(H,18,21). The van der Waals surface area contributed by atoms with Gasteiger partial charge in [-0.2, -0.15) is 0 Å². The van der Waals surface area contributed by atoms with Crippen LogP contribution in [0.1, 0.15) is 16.8 Å². The van der Waals surface area contributed by atoms with Gasteiger partial charge in [-0.1, -0.05) is 0 Å². The highest BCUT2D eigenvalue weighted by Crippen LogP contribution is 2.16. The van der Waals surface area contributed by atoms with Crippen molar-refractivity contribution in [3.05, 3.63) is 35.1 Å². The molecule has 8 heteroatoms. The zero-order valence-corrected chi connectivity index (χ0v) is 11.9. The van der Waals surface area contributed by atoms with Crippen molar-refractivity contribution in [1.82, 2.24) is 10.2 Å². The van der Waals surface area contributed by atoms with Crippen LogP contribution in [0.15, 0.2) is 12.1 Å². The number of nitrogens with one attached hydrogen (secondary N) is 1. The first-order valence-corrected chi connectivity index (χ1v) is 6.65. The number of hydrogen-bond donors (Lipinski definition) is 1. The largest absolute Gasteiger partial charge is 0.383 e. The number of benzene rings is 1. The summed E-state index contributed by atoms with van der Waals surface area (Å²) < 4.78 is 44.4. The highest BCUT2D eigenvalue weighted by Gasteiger charge is 2.31. The molecule has 2 amide bonds. The first-order valence-electron chi connectivity index (χ1n) is 6.65. The molecule has 1 aliphatic heterocycles. The van der Waals surface area contributed by atoms with Gasteiger partial charge in [-0.15, -0.1) is 0 Å². The Morgan fingerprint density at radius 3 is 2.77 bits per heavy atom. The minimum atomic E-state index is -1.70. The zero-order valence-electron chi connectivity index (χ0n) is 11.9. The fourth-order valence-electron chi connectivity index (χ4n) is 2.25. The molecule has 0 radical (unpaired) electrons. The molecule has 0 bridgehead atoms. The van der Waals surface area contributed by atoms with E-state index in [9.17, 15) is 22.8 Å². The summed E-state index contributed by atoms with van der Waals surface area (Å²) in [5, 5.41) is 2.45. The Morgan fingerprint density at radius 1 is 1.36 bits per heavy atom. The summed E-state index contributed by atoms with van der Waals surface area (Å²) in [5.41, 5.74) is -0.596. The molecule has 0 aromatic heterocycles. The molecule has 0 spiro atoms. The number of likely N-dealkylation sites (tertiary alicyclic amines) is 1. The Balaban J connectivity index is 2.01. The Hall–Kier alpha value is -2.09. The van der Waals surface area contributed by atoms with E-state index in [1.54, 1.807) is 0 Å². The maximum atomic E-state index is 13.5. The monoisotopic (exact) mass is 316 g/mol. The third-order valence-electron chi connectivity index (χ3n) is 3.39. The van der Waals surface area contributed by atoms with E-state index >= 15 is 0 Å². The van der Waals surface area contributed by atoms with Gasteiger partial charge in [0.15, 0.2) is 17.5 Å². The number of carbonyl (C=O) groups excluding carboxylic acids is 2. The molecule has 22 heavy (non-hydrogen) atoms. The number of rotatable bonds is 5. The van der Waals surface area contributed by atoms with E-state index < -0.39 is 35.0 Å². The molecule has 1 unspecified atom stereocenters. The lowest BCUT2D eigenvalue weighted by molar-refractivity contribution is -0.128. The molecular weight excluding hydrogens is 301 g/mol. The second kappa shape index (κ2) is 6.78. The lowest BCUT2D eigenvalue weighted by atomic mass is 10.1. The molecule has 1 saturated heterocycles. The van der Waals surface area contributed by atoms with Gasteiger partial charge >= 0.3 is 0 Å². The van der Waals surface area contributed by atoms with E-state index in [1.165, 1.54) is 12.0 Å². The predicted octanol–water partition coefficient (Wildman–Crippen LogP) is 1.08. The van der Waals surface area contributed by atoms with Crippen molar-refractivity contribution in [3.63, 3.8) is 0 Å². The van der Waals surface area contributed by atoms with Gasteiger partial charge in [-0.3, -0.25) is 9.59 Å². The molecule has 0 saturated carbocycles. The Kier molecular flexibility index (Phi) is 5.02. The molecule has 5 nitrogen and oxygen atoms in total. The van der Waals surface area contributed by atoms with Crippen LogP contribution in [0.2, 0.25) is 0 Å². The normalized spacial score (nSPS) is 17.9. The lowest BCUT2D eigenvalue weighted by Crippen LogP contribution is -2.38. The number of ether oxygens (including phenoxy) is 1. The Morgan fingerprint density at radius 2 is 2.09 bits per heavy atom. The van der Waals surface area contributed by atoms with Crippen molar-refractivity contribution in [3.8, 4) is 0 Å². The molecule has 1 atom stereocenters. The lowest BCUT2D eigenvalue weighted by Gasteiger charge is -2.16. The minimum Gasteiger partial charge on any atom is -0.383 e. The summed E-state index contributed by atoms with van der Waals surface area (Å²) in [6, 6.07) is 1.03. The van der Waals surface area contributed by atoms with Crippen molar-refractivity contribution in [2.45, 2.75) is 12.5 Å². The quantitative estimate of drug-likeness (QED) is 0.827. The molecule has 1 aromatic rings. The fourth-order valence-corrected chi connectivity index (χ4v) is 2.25. The smallest absolute Gasteiger partial charge is 0.254 e. The number of halogens is 3. The minimum absolute atomic E-state index is 0.0702. The summed E-state index contributed by atoms with van der Waals surface area (Å²) in [4.78, 5) is 25.1. The number of methoxy groups -OCH3 is 1. The van der Waals surface area contributed by atoms with Crippen LogP contribution in [0, 0.1) is 17.5 Å². The Labute approximate surface area is 125 Å². The average molecular weight is 316 g/mol. The second-order valence-corrected chi connectivity index (χ2v) is 4.93. The highest BCUT2D eigenvalue weighted by atomic mass is 19.2. The SMILES string of the molecule is COCCN1CC(NC(=O)c2ccc(F)c(F)c2F)CC1=O. The van der Waals surface area contributed by atoms with E-state index in [0.29, 0.717) is 19.2 Å².